The van der Waals surface area contributed by atoms with Gasteiger partial charge >= 0.3 is 0 Å². The maximum Gasteiger partial charge on any atom is 0.169 e. The fourth-order valence-corrected chi connectivity index (χ4v) is 2.61. The Kier molecular flexibility index (Phi) is 5.49. The number of halogens is 1. The topological polar surface area (TPSA) is 18.5 Å². The molecule has 2 rings (SSSR count). The number of nitrogens with one attached hydrogen (secondary N) is 1. The molecule has 1 aliphatic rings. The van der Waals surface area contributed by atoms with Crippen LogP contribution in [0.5, 0.6) is 0 Å². The normalized spacial score (nSPS) is 15.6. The van der Waals surface area contributed by atoms with Gasteiger partial charge in [-0.25, -0.2) is 0 Å². The second-order valence-corrected chi connectivity index (χ2v) is 6.35. The highest BCUT2D eigenvalue weighted by Gasteiger charge is 2.18. The average Bonchev–Trinajstić information content (AvgIpc) is 2.46. The Balaban J connectivity index is 1.83. The zero-order valence-corrected chi connectivity index (χ0v) is 13.7. The molecule has 1 aromatic carbocycles. The third-order valence-electron chi connectivity index (χ3n) is 3.42. The molecule has 1 heterocycles. The SMILES string of the molecule is CC(C)CNC(=S)N1CCN(c2ccc(Cl)cc2)CC1. The third kappa shape index (κ3) is 4.25. The maximum atomic E-state index is 5.92. The van der Waals surface area contributed by atoms with Crippen LogP contribution in [-0.4, -0.2) is 42.7 Å². The van der Waals surface area contributed by atoms with Crippen molar-refractivity contribution in [3.63, 3.8) is 0 Å². The van der Waals surface area contributed by atoms with Crippen molar-refractivity contribution >= 4 is 34.6 Å². The van der Waals surface area contributed by atoms with Crippen molar-refractivity contribution in [3.05, 3.63) is 29.3 Å². The Morgan fingerprint density at radius 2 is 1.80 bits per heavy atom. The first-order chi connectivity index (χ1) is 9.56. The van der Waals surface area contributed by atoms with E-state index in [1.807, 2.05) is 12.1 Å². The molecule has 0 aliphatic carbocycles. The molecular formula is C15H22ClN3S. The van der Waals surface area contributed by atoms with Crippen molar-refractivity contribution < 1.29 is 0 Å². The van der Waals surface area contributed by atoms with E-state index in [1.54, 1.807) is 0 Å². The minimum absolute atomic E-state index is 0.614. The Morgan fingerprint density at radius 1 is 1.20 bits per heavy atom. The molecule has 0 radical (unpaired) electrons. The van der Waals surface area contributed by atoms with E-state index in [9.17, 15) is 0 Å². The van der Waals surface area contributed by atoms with Gasteiger partial charge < -0.3 is 15.1 Å². The van der Waals surface area contributed by atoms with Crippen LogP contribution in [0.15, 0.2) is 24.3 Å². The lowest BCUT2D eigenvalue weighted by Gasteiger charge is -2.37. The summed E-state index contributed by atoms with van der Waals surface area (Å²) in [6.45, 7) is 9.23. The molecule has 0 saturated carbocycles. The first-order valence-electron chi connectivity index (χ1n) is 7.09. The fourth-order valence-electron chi connectivity index (χ4n) is 2.22. The molecule has 5 heteroatoms. The van der Waals surface area contributed by atoms with Gasteiger partial charge in [-0.15, -0.1) is 0 Å². The van der Waals surface area contributed by atoms with Crippen LogP contribution in [0, 0.1) is 5.92 Å². The van der Waals surface area contributed by atoms with E-state index in [0.29, 0.717) is 5.92 Å². The minimum Gasteiger partial charge on any atom is -0.368 e. The lowest BCUT2D eigenvalue weighted by atomic mass is 10.2. The number of hydrogen-bond acceptors (Lipinski definition) is 2. The summed E-state index contributed by atoms with van der Waals surface area (Å²) in [5.41, 5.74) is 1.23. The van der Waals surface area contributed by atoms with Gasteiger partial charge in [0.1, 0.15) is 0 Å². The Bertz CT molecular complexity index is 439. The molecule has 0 amide bonds. The summed E-state index contributed by atoms with van der Waals surface area (Å²) in [7, 11) is 0. The molecule has 1 fully saturated rings. The predicted octanol–water partition coefficient (Wildman–Crippen LogP) is 2.99. The number of benzene rings is 1. The highest BCUT2D eigenvalue weighted by atomic mass is 35.5. The molecule has 110 valence electrons. The molecule has 0 spiro atoms. The van der Waals surface area contributed by atoms with Crippen LogP contribution < -0.4 is 10.2 Å². The summed E-state index contributed by atoms with van der Waals surface area (Å²) >= 11 is 11.4. The predicted molar refractivity (Wildman–Crippen MR) is 90.7 cm³/mol. The monoisotopic (exact) mass is 311 g/mol. The zero-order valence-electron chi connectivity index (χ0n) is 12.1. The third-order valence-corrected chi connectivity index (χ3v) is 4.07. The van der Waals surface area contributed by atoms with Gasteiger partial charge in [0.15, 0.2) is 5.11 Å². The first-order valence-corrected chi connectivity index (χ1v) is 7.88. The summed E-state index contributed by atoms with van der Waals surface area (Å²) in [5, 5.41) is 5.00. The van der Waals surface area contributed by atoms with Crippen LogP contribution in [0.4, 0.5) is 5.69 Å². The summed E-state index contributed by atoms with van der Waals surface area (Å²) < 4.78 is 0. The lowest BCUT2D eigenvalue weighted by Crippen LogP contribution is -2.52. The lowest BCUT2D eigenvalue weighted by molar-refractivity contribution is 0.378. The van der Waals surface area contributed by atoms with Gasteiger partial charge in [-0.05, 0) is 42.4 Å². The van der Waals surface area contributed by atoms with Crippen LogP contribution in [0.2, 0.25) is 5.02 Å². The molecule has 1 aliphatic heterocycles. The Labute approximate surface area is 131 Å². The summed E-state index contributed by atoms with van der Waals surface area (Å²) in [4.78, 5) is 4.63. The second-order valence-electron chi connectivity index (χ2n) is 5.53. The first kappa shape index (κ1) is 15.4. The van der Waals surface area contributed by atoms with Crippen molar-refractivity contribution in [3.8, 4) is 0 Å². The average molecular weight is 312 g/mol. The molecule has 0 unspecified atom stereocenters. The van der Waals surface area contributed by atoms with E-state index >= 15 is 0 Å². The van der Waals surface area contributed by atoms with Crippen LogP contribution in [0.3, 0.4) is 0 Å². The van der Waals surface area contributed by atoms with Gasteiger partial charge in [-0.2, -0.15) is 0 Å². The standard InChI is InChI=1S/C15H22ClN3S/c1-12(2)11-17-15(20)19-9-7-18(8-10-19)14-5-3-13(16)4-6-14/h3-6,12H,7-11H2,1-2H3,(H,17,20). The molecule has 0 bridgehead atoms. The Morgan fingerprint density at radius 3 is 2.35 bits per heavy atom. The number of thiocarbonyl (C=S) groups is 1. The summed E-state index contributed by atoms with van der Waals surface area (Å²) in [5.74, 6) is 0.614. The number of piperazine rings is 1. The number of hydrogen-bond donors (Lipinski definition) is 1. The Hall–Kier alpha value is -1.00. The van der Waals surface area contributed by atoms with E-state index in [1.165, 1.54) is 5.69 Å². The van der Waals surface area contributed by atoms with Crippen molar-refractivity contribution in [2.45, 2.75) is 13.8 Å². The van der Waals surface area contributed by atoms with Crippen LogP contribution >= 0.6 is 23.8 Å². The quantitative estimate of drug-likeness (QED) is 0.865. The van der Waals surface area contributed by atoms with E-state index in [0.717, 1.165) is 42.9 Å². The second kappa shape index (κ2) is 7.14. The van der Waals surface area contributed by atoms with Crippen LogP contribution in [0.1, 0.15) is 13.8 Å². The van der Waals surface area contributed by atoms with Gasteiger partial charge in [-0.3, -0.25) is 0 Å². The molecular weight excluding hydrogens is 290 g/mol. The number of anilines is 1. The van der Waals surface area contributed by atoms with Crippen molar-refractivity contribution in [1.29, 1.82) is 0 Å². The minimum atomic E-state index is 0.614. The molecule has 1 saturated heterocycles. The smallest absolute Gasteiger partial charge is 0.169 e. The largest absolute Gasteiger partial charge is 0.368 e. The van der Waals surface area contributed by atoms with Gasteiger partial charge in [0.05, 0.1) is 0 Å². The molecule has 0 atom stereocenters. The van der Waals surface area contributed by atoms with E-state index < -0.39 is 0 Å². The fraction of sp³-hybridized carbons (Fsp3) is 0.533. The summed E-state index contributed by atoms with van der Waals surface area (Å²) in [6, 6.07) is 8.04. The summed E-state index contributed by atoms with van der Waals surface area (Å²) in [6.07, 6.45) is 0. The van der Waals surface area contributed by atoms with Gasteiger partial charge in [-0.1, -0.05) is 25.4 Å². The zero-order chi connectivity index (χ0) is 14.5. The van der Waals surface area contributed by atoms with Crippen molar-refractivity contribution in [1.82, 2.24) is 10.2 Å². The van der Waals surface area contributed by atoms with Crippen LogP contribution in [-0.2, 0) is 0 Å². The number of nitrogens with zero attached hydrogens (tertiary/aromatic N) is 2. The van der Waals surface area contributed by atoms with Crippen molar-refractivity contribution in [2.24, 2.45) is 5.92 Å². The van der Waals surface area contributed by atoms with Crippen LogP contribution in [0.25, 0.3) is 0 Å². The molecule has 0 aromatic heterocycles. The van der Waals surface area contributed by atoms with Gasteiger partial charge in [0, 0.05) is 43.4 Å². The number of rotatable bonds is 3. The van der Waals surface area contributed by atoms with E-state index in [2.05, 4.69) is 41.1 Å². The van der Waals surface area contributed by atoms with E-state index in [-0.39, 0.29) is 0 Å². The molecule has 3 nitrogen and oxygen atoms in total. The molecule has 1 aromatic rings. The highest BCUT2D eigenvalue weighted by molar-refractivity contribution is 7.80. The highest BCUT2D eigenvalue weighted by Crippen LogP contribution is 2.19. The van der Waals surface area contributed by atoms with Gasteiger partial charge in [0.2, 0.25) is 0 Å². The maximum absolute atomic E-state index is 5.92. The van der Waals surface area contributed by atoms with Gasteiger partial charge in [0.25, 0.3) is 0 Å². The van der Waals surface area contributed by atoms with Crippen molar-refractivity contribution in [2.75, 3.05) is 37.6 Å². The van der Waals surface area contributed by atoms with E-state index in [4.69, 9.17) is 23.8 Å². The molecule has 20 heavy (non-hydrogen) atoms. The molecule has 1 N–H and O–H groups in total.